The first-order valence-electron chi connectivity index (χ1n) is 18.0. The minimum absolute atomic E-state index is 0.0238. The molecule has 0 saturated carbocycles. The lowest BCUT2D eigenvalue weighted by Crippen LogP contribution is -2.54. The first-order valence-corrected chi connectivity index (χ1v) is 19.4. The Morgan fingerprint density at radius 3 is 2.38 bits per heavy atom. The van der Waals surface area contributed by atoms with Gasteiger partial charge in [-0.2, -0.15) is 34.5 Å². The molecule has 2 aliphatic rings. The minimum atomic E-state index is -4.89. The van der Waals surface area contributed by atoms with Crippen molar-refractivity contribution in [3.05, 3.63) is 75.8 Å². The Kier molecular flexibility index (Phi) is 10.9. The summed E-state index contributed by atoms with van der Waals surface area (Å²) >= 11 is 7.95. The highest BCUT2D eigenvalue weighted by molar-refractivity contribution is 7.08. The number of halogens is 5. The number of hydrogen-bond acceptors (Lipinski definition) is 11. The number of amides is 1. The summed E-state index contributed by atoms with van der Waals surface area (Å²) in [6, 6.07) is 12.1. The van der Waals surface area contributed by atoms with Crippen molar-refractivity contribution in [2.75, 3.05) is 49.1 Å². The zero-order valence-corrected chi connectivity index (χ0v) is 32.9. The number of nitrogens with zero attached hydrogens (tertiary/aromatic N) is 6. The molecule has 0 spiro atoms. The topological polar surface area (TPSA) is 113 Å². The van der Waals surface area contributed by atoms with Crippen molar-refractivity contribution >= 4 is 63.3 Å². The number of benzene rings is 2. The summed E-state index contributed by atoms with van der Waals surface area (Å²) in [5.74, 6) is -1.40. The van der Waals surface area contributed by atoms with Gasteiger partial charge in [0.25, 0.3) is 12.0 Å². The number of carbonyl (C=O) groups is 1. The van der Waals surface area contributed by atoms with E-state index in [1.54, 1.807) is 39.3 Å². The van der Waals surface area contributed by atoms with Crippen molar-refractivity contribution in [1.82, 2.24) is 25.2 Å². The van der Waals surface area contributed by atoms with E-state index in [9.17, 15) is 22.4 Å². The number of thiophene rings is 1. The number of alkyl halides is 3. The standard InChI is InChI=1S/C21H24ClN3O3S.C18H16F4N4O/c1-13-11-24(20(26)28-21(2,3)4)6-7-25(13)19-23-17-10-15(22)9-16(18(17)27-19)14-5-8-29-12-14;1-10-9-23-6-7-26(10)17-25-15-14(18(20,21)22)12(19)8-11(16(15)27-17)13-4-2-3-5-24-13/h5,8-10,12-13H,6-7,11H2,1-4H3;2-5,8,10,23H,6-7,9H2,1H3/t13-;10-/m00/s1. The molecule has 2 aliphatic heterocycles. The van der Waals surface area contributed by atoms with Crippen molar-refractivity contribution in [3.63, 3.8) is 0 Å². The number of aromatic nitrogens is 3. The number of hydrogen-bond donors (Lipinski definition) is 1. The lowest BCUT2D eigenvalue weighted by Gasteiger charge is -2.39. The summed E-state index contributed by atoms with van der Waals surface area (Å²) in [5.41, 5.74) is 1.32. The van der Waals surface area contributed by atoms with Gasteiger partial charge in [0.15, 0.2) is 11.2 Å². The first kappa shape index (κ1) is 39.3. The van der Waals surface area contributed by atoms with E-state index < -0.39 is 28.7 Å². The molecule has 0 bridgehead atoms. The van der Waals surface area contributed by atoms with Crippen molar-refractivity contribution in [2.45, 2.75) is 58.5 Å². The van der Waals surface area contributed by atoms with E-state index in [0.29, 0.717) is 56.0 Å². The number of piperazine rings is 2. The van der Waals surface area contributed by atoms with Gasteiger partial charge in [-0.1, -0.05) is 17.7 Å². The minimum Gasteiger partial charge on any atom is -0.444 e. The van der Waals surface area contributed by atoms with Crippen LogP contribution in [0.3, 0.4) is 0 Å². The largest absolute Gasteiger partial charge is 0.444 e. The third-order valence-corrected chi connectivity index (χ3v) is 10.3. The van der Waals surface area contributed by atoms with Crippen LogP contribution in [0.25, 0.3) is 44.6 Å². The lowest BCUT2D eigenvalue weighted by atomic mass is 10.0. The maximum absolute atomic E-state index is 14.4. The Morgan fingerprint density at radius 2 is 1.71 bits per heavy atom. The molecule has 0 aliphatic carbocycles. The summed E-state index contributed by atoms with van der Waals surface area (Å²) in [7, 11) is 0. The van der Waals surface area contributed by atoms with Gasteiger partial charge in [-0.3, -0.25) is 4.98 Å². The van der Waals surface area contributed by atoms with Gasteiger partial charge < -0.3 is 33.6 Å². The van der Waals surface area contributed by atoms with Crippen LogP contribution in [0.15, 0.2) is 68.3 Å². The second-order valence-electron chi connectivity index (χ2n) is 14.7. The average Bonchev–Trinajstić information content (AvgIpc) is 3.91. The van der Waals surface area contributed by atoms with E-state index in [1.165, 1.54) is 6.20 Å². The van der Waals surface area contributed by atoms with E-state index in [0.717, 1.165) is 28.3 Å². The number of fused-ring (bicyclic) bond motifs is 2. The lowest BCUT2D eigenvalue weighted by molar-refractivity contribution is -0.138. The molecule has 17 heteroatoms. The molecule has 6 heterocycles. The number of rotatable bonds is 4. The van der Waals surface area contributed by atoms with Gasteiger partial charge in [0, 0.05) is 73.7 Å². The number of oxazole rings is 2. The van der Waals surface area contributed by atoms with Crippen LogP contribution in [0.1, 0.15) is 40.2 Å². The Labute approximate surface area is 329 Å². The molecule has 2 atom stereocenters. The number of nitrogens with one attached hydrogen (secondary N) is 1. The van der Waals surface area contributed by atoms with Gasteiger partial charge in [-0.25, -0.2) is 9.18 Å². The fraction of sp³-hybridized carbons (Fsp3) is 0.385. The summed E-state index contributed by atoms with van der Waals surface area (Å²) in [6.07, 6.45) is -3.70. The van der Waals surface area contributed by atoms with Crippen LogP contribution in [0, 0.1) is 5.82 Å². The smallest absolute Gasteiger partial charge is 0.421 e. The number of pyridine rings is 1. The Hall–Kier alpha value is -4.93. The fourth-order valence-corrected chi connectivity index (χ4v) is 7.61. The van der Waals surface area contributed by atoms with Crippen molar-refractivity contribution < 1.29 is 35.9 Å². The second kappa shape index (κ2) is 15.5. The quantitative estimate of drug-likeness (QED) is 0.173. The predicted molar refractivity (Wildman–Crippen MR) is 209 cm³/mol. The van der Waals surface area contributed by atoms with Crippen LogP contribution >= 0.6 is 22.9 Å². The molecule has 56 heavy (non-hydrogen) atoms. The Balaban J connectivity index is 0.000000172. The molecule has 1 N–H and O–H groups in total. The van der Waals surface area contributed by atoms with Crippen LogP contribution in [-0.2, 0) is 10.9 Å². The van der Waals surface area contributed by atoms with Gasteiger partial charge >= 0.3 is 12.3 Å². The molecule has 11 nitrogen and oxygen atoms in total. The van der Waals surface area contributed by atoms with Gasteiger partial charge in [0.1, 0.15) is 28.0 Å². The van der Waals surface area contributed by atoms with E-state index in [2.05, 4.69) is 32.5 Å². The number of anilines is 2. The SMILES string of the molecule is C[C@H]1CN(C(=O)OC(C)(C)C)CCN1c1nc2cc(Cl)cc(-c3ccsc3)c2o1.C[C@H]1CNCCN1c1nc2c(C(F)(F)F)c(F)cc(-c3ccccn3)c2o1. The summed E-state index contributed by atoms with van der Waals surface area (Å²) < 4.78 is 72.3. The normalized spacial score (nSPS) is 18.0. The highest BCUT2D eigenvalue weighted by Crippen LogP contribution is 2.42. The molecular formula is C39H40ClF4N7O4S. The Morgan fingerprint density at radius 1 is 0.964 bits per heavy atom. The molecule has 2 fully saturated rings. The van der Waals surface area contributed by atoms with E-state index in [-0.39, 0.29) is 35.3 Å². The molecule has 4 aromatic heterocycles. The third kappa shape index (κ3) is 8.27. The summed E-state index contributed by atoms with van der Waals surface area (Å²) in [4.78, 5) is 30.8. The van der Waals surface area contributed by atoms with Crippen LogP contribution in [0.5, 0.6) is 0 Å². The molecule has 2 aromatic carbocycles. The monoisotopic (exact) mass is 813 g/mol. The van der Waals surface area contributed by atoms with Gasteiger partial charge in [-0.05, 0) is 87.3 Å². The van der Waals surface area contributed by atoms with E-state index in [1.807, 2.05) is 51.3 Å². The van der Waals surface area contributed by atoms with Crippen molar-refractivity contribution in [2.24, 2.45) is 0 Å². The summed E-state index contributed by atoms with van der Waals surface area (Å²) in [6.45, 7) is 13.1. The van der Waals surface area contributed by atoms with Crippen LogP contribution in [0.2, 0.25) is 5.02 Å². The maximum atomic E-state index is 14.4. The number of carbonyl (C=O) groups excluding carboxylic acids is 1. The fourth-order valence-electron chi connectivity index (χ4n) is 6.74. The Bertz CT molecular complexity index is 2330. The molecular weight excluding hydrogens is 774 g/mol. The highest BCUT2D eigenvalue weighted by Gasteiger charge is 2.40. The molecule has 8 rings (SSSR count). The van der Waals surface area contributed by atoms with Gasteiger partial charge in [0.05, 0.1) is 5.69 Å². The highest BCUT2D eigenvalue weighted by atomic mass is 35.5. The third-order valence-electron chi connectivity index (χ3n) is 9.38. The van der Waals surface area contributed by atoms with Gasteiger partial charge in [-0.15, -0.1) is 0 Å². The second-order valence-corrected chi connectivity index (χ2v) is 15.9. The predicted octanol–water partition coefficient (Wildman–Crippen LogP) is 9.50. The van der Waals surface area contributed by atoms with Crippen LogP contribution in [-0.4, -0.2) is 82.9 Å². The molecule has 296 valence electrons. The summed E-state index contributed by atoms with van der Waals surface area (Å²) in [5, 5.41) is 7.91. The molecule has 0 radical (unpaired) electrons. The van der Waals surface area contributed by atoms with Crippen LogP contribution in [0.4, 0.5) is 34.4 Å². The van der Waals surface area contributed by atoms with Crippen LogP contribution < -0.4 is 15.1 Å². The maximum Gasteiger partial charge on any atom is 0.421 e. The van der Waals surface area contributed by atoms with E-state index >= 15 is 0 Å². The zero-order valence-electron chi connectivity index (χ0n) is 31.3. The molecule has 6 aromatic rings. The van der Waals surface area contributed by atoms with Gasteiger partial charge in [0.2, 0.25) is 0 Å². The van der Waals surface area contributed by atoms with Crippen molar-refractivity contribution in [1.29, 1.82) is 0 Å². The molecule has 2 saturated heterocycles. The zero-order chi connectivity index (χ0) is 39.9. The number of ether oxygens (including phenoxy) is 1. The van der Waals surface area contributed by atoms with E-state index in [4.69, 9.17) is 30.2 Å². The average molecular weight is 814 g/mol. The molecule has 0 unspecified atom stereocenters. The first-order chi connectivity index (χ1) is 26.6. The molecule has 1 amide bonds. The van der Waals surface area contributed by atoms with Crippen molar-refractivity contribution in [3.8, 4) is 22.4 Å².